The third-order valence-electron chi connectivity index (χ3n) is 6.31. The molecule has 8 nitrogen and oxygen atoms in total. The first-order chi connectivity index (χ1) is 16.8. The predicted octanol–water partition coefficient (Wildman–Crippen LogP) is 2.77. The van der Waals surface area contributed by atoms with Crippen molar-refractivity contribution in [1.82, 2.24) is 25.1 Å². The summed E-state index contributed by atoms with van der Waals surface area (Å²) in [5.41, 5.74) is 4.75. The van der Waals surface area contributed by atoms with Crippen LogP contribution in [0.15, 0.2) is 42.9 Å². The molecule has 5 heterocycles. The fourth-order valence-corrected chi connectivity index (χ4v) is 9.27. The zero-order chi connectivity index (χ0) is 22.7. The summed E-state index contributed by atoms with van der Waals surface area (Å²) in [6, 6.07) is 8.37. The fraction of sp³-hybridized carbons (Fsp3) is 0.375. The molecule has 4 aromatic rings. The Balaban J connectivity index is 1.18. The molecule has 0 atom stereocenters. The molecule has 0 bridgehead atoms. The maximum atomic E-state index is 5.46. The van der Waals surface area contributed by atoms with Gasteiger partial charge >= 0.3 is 208 Å². The SMILES string of the molecule is c1ncc(N2CCOCC2)cc1Nc1cnc2cc[c]([Sn][c]3nnc(C4CCCC4)s3)nc2c1. The van der Waals surface area contributed by atoms with Crippen LogP contribution in [0.2, 0.25) is 0 Å². The van der Waals surface area contributed by atoms with Crippen molar-refractivity contribution in [2.45, 2.75) is 31.6 Å². The number of hydrogen-bond acceptors (Lipinski definition) is 9. The first-order valence-corrected chi connectivity index (χ1v) is 15.4. The molecule has 172 valence electrons. The van der Waals surface area contributed by atoms with Gasteiger partial charge in [-0.1, -0.05) is 0 Å². The van der Waals surface area contributed by atoms with Crippen molar-refractivity contribution in [3.05, 3.63) is 47.9 Å². The number of hydrogen-bond donors (Lipinski definition) is 1. The topological polar surface area (TPSA) is 89.0 Å². The Kier molecular flexibility index (Phi) is 6.56. The van der Waals surface area contributed by atoms with Gasteiger partial charge < -0.3 is 4.74 Å². The van der Waals surface area contributed by atoms with Crippen LogP contribution in [0.25, 0.3) is 11.0 Å². The molecule has 1 saturated heterocycles. The molecule has 6 rings (SSSR count). The van der Waals surface area contributed by atoms with Gasteiger partial charge in [0.25, 0.3) is 0 Å². The second-order valence-electron chi connectivity index (χ2n) is 8.67. The molecule has 0 spiro atoms. The number of pyridine rings is 3. The van der Waals surface area contributed by atoms with E-state index in [1.165, 1.54) is 33.7 Å². The molecule has 4 aromatic heterocycles. The summed E-state index contributed by atoms with van der Waals surface area (Å²) < 4.78 is 7.82. The Morgan fingerprint density at radius 1 is 0.971 bits per heavy atom. The van der Waals surface area contributed by atoms with Crippen LogP contribution in [-0.2, 0) is 4.74 Å². The van der Waals surface area contributed by atoms with Crippen LogP contribution < -0.4 is 17.0 Å². The summed E-state index contributed by atoms with van der Waals surface area (Å²) >= 11 is 0.735. The molecule has 2 aliphatic rings. The Labute approximate surface area is 212 Å². The molecule has 1 aliphatic carbocycles. The number of nitrogens with zero attached hydrogens (tertiary/aromatic N) is 6. The van der Waals surface area contributed by atoms with Crippen LogP contribution in [0.4, 0.5) is 17.1 Å². The van der Waals surface area contributed by atoms with Gasteiger partial charge in [0, 0.05) is 0 Å². The van der Waals surface area contributed by atoms with Crippen LogP contribution in [0, 0.1) is 0 Å². The normalized spacial score (nSPS) is 16.9. The molecule has 0 unspecified atom stereocenters. The Hall–Kier alpha value is -2.37. The van der Waals surface area contributed by atoms with Gasteiger partial charge in [-0.2, -0.15) is 0 Å². The number of anilines is 3. The molecule has 0 aromatic carbocycles. The van der Waals surface area contributed by atoms with Crippen LogP contribution in [-0.4, -0.2) is 72.6 Å². The average molecular weight is 578 g/mol. The van der Waals surface area contributed by atoms with E-state index in [0.29, 0.717) is 5.92 Å². The summed E-state index contributed by atoms with van der Waals surface area (Å²) in [5.74, 6) is 0.629. The van der Waals surface area contributed by atoms with E-state index in [0.717, 1.165) is 58.1 Å². The van der Waals surface area contributed by atoms with Gasteiger partial charge in [0.1, 0.15) is 0 Å². The van der Waals surface area contributed by atoms with Crippen molar-refractivity contribution >= 4 is 67.3 Å². The molecular weight excluding hydrogens is 553 g/mol. The zero-order valence-corrected chi connectivity index (χ0v) is 22.4. The maximum absolute atomic E-state index is 5.46. The van der Waals surface area contributed by atoms with E-state index in [1.807, 2.05) is 29.9 Å². The number of morpholine rings is 1. The Morgan fingerprint density at radius 2 is 1.82 bits per heavy atom. The van der Waals surface area contributed by atoms with E-state index in [2.05, 4.69) is 54.6 Å². The van der Waals surface area contributed by atoms with Gasteiger partial charge in [-0.15, -0.1) is 0 Å². The second-order valence-corrected chi connectivity index (χ2v) is 14.2. The number of fused-ring (bicyclic) bond motifs is 1. The molecule has 2 fully saturated rings. The third kappa shape index (κ3) is 5.01. The Morgan fingerprint density at radius 3 is 2.71 bits per heavy atom. The van der Waals surface area contributed by atoms with Gasteiger partial charge in [0.15, 0.2) is 0 Å². The van der Waals surface area contributed by atoms with Crippen molar-refractivity contribution in [2.24, 2.45) is 0 Å². The van der Waals surface area contributed by atoms with Crippen LogP contribution >= 0.6 is 11.3 Å². The molecule has 34 heavy (non-hydrogen) atoms. The number of aromatic nitrogens is 5. The van der Waals surface area contributed by atoms with Crippen molar-refractivity contribution in [2.75, 3.05) is 36.5 Å². The van der Waals surface area contributed by atoms with Gasteiger partial charge in [-0.05, 0) is 0 Å². The minimum absolute atomic E-state index is 0.629. The summed E-state index contributed by atoms with van der Waals surface area (Å²) in [6.45, 7) is 3.28. The third-order valence-corrected chi connectivity index (χ3v) is 11.2. The van der Waals surface area contributed by atoms with Crippen molar-refractivity contribution in [1.29, 1.82) is 0 Å². The van der Waals surface area contributed by atoms with Gasteiger partial charge in [0.05, 0.1) is 0 Å². The fourth-order valence-electron chi connectivity index (χ4n) is 4.53. The minimum atomic E-state index is -1.08. The molecular formula is C24H25N7OSSn. The van der Waals surface area contributed by atoms with Gasteiger partial charge in [-0.3, -0.25) is 0 Å². The molecule has 0 amide bonds. The van der Waals surface area contributed by atoms with E-state index < -0.39 is 21.1 Å². The average Bonchev–Trinajstić information content (AvgIpc) is 3.57. The zero-order valence-electron chi connectivity index (χ0n) is 18.8. The van der Waals surface area contributed by atoms with E-state index in [-0.39, 0.29) is 0 Å². The molecule has 2 radical (unpaired) electrons. The standard InChI is InChI=1S/C17H16N5O.C7H9N2S.Sn/c1-2-16-17(19-3-1)9-14(11-20-16)21-13-8-15(12-18-10-13)22-4-6-23-7-5-22;1-2-4-6(3-1)7-9-8-5-10-7;/h1-2,8-12,21H,4-7H2;6H,1-4H2;. The molecule has 1 N–H and O–H groups in total. The predicted molar refractivity (Wildman–Crippen MR) is 136 cm³/mol. The number of ether oxygens (including phenoxy) is 1. The van der Waals surface area contributed by atoms with E-state index in [9.17, 15) is 0 Å². The molecule has 10 heteroatoms. The van der Waals surface area contributed by atoms with Gasteiger partial charge in [0.2, 0.25) is 0 Å². The summed E-state index contributed by atoms with van der Waals surface area (Å²) in [4.78, 5) is 16.3. The van der Waals surface area contributed by atoms with Crippen molar-refractivity contribution < 1.29 is 4.74 Å². The Bertz CT molecular complexity index is 1290. The van der Waals surface area contributed by atoms with Crippen molar-refractivity contribution in [3.63, 3.8) is 0 Å². The summed E-state index contributed by atoms with van der Waals surface area (Å²) in [5, 5.41) is 13.7. The molecule has 1 aliphatic heterocycles. The second kappa shape index (κ2) is 10.1. The first kappa shape index (κ1) is 22.1. The first-order valence-electron chi connectivity index (χ1n) is 11.7. The van der Waals surface area contributed by atoms with Crippen molar-refractivity contribution in [3.8, 4) is 0 Å². The molecule has 1 saturated carbocycles. The summed E-state index contributed by atoms with van der Waals surface area (Å²) in [6.07, 6.45) is 10.8. The summed E-state index contributed by atoms with van der Waals surface area (Å²) in [7, 11) is 0. The van der Waals surface area contributed by atoms with Crippen LogP contribution in [0.3, 0.4) is 0 Å². The van der Waals surface area contributed by atoms with E-state index in [1.54, 1.807) is 0 Å². The number of nitrogens with one attached hydrogen (secondary N) is 1. The monoisotopic (exact) mass is 579 g/mol. The van der Waals surface area contributed by atoms with Crippen LogP contribution in [0.1, 0.15) is 36.6 Å². The van der Waals surface area contributed by atoms with Crippen LogP contribution in [0.5, 0.6) is 0 Å². The quantitative estimate of drug-likeness (QED) is 0.350. The number of rotatable bonds is 6. The van der Waals surface area contributed by atoms with E-state index >= 15 is 0 Å². The van der Waals surface area contributed by atoms with E-state index in [4.69, 9.17) is 9.72 Å². The van der Waals surface area contributed by atoms with Gasteiger partial charge in [-0.25, -0.2) is 0 Å².